The van der Waals surface area contributed by atoms with Crippen molar-refractivity contribution in [1.29, 1.82) is 0 Å². The van der Waals surface area contributed by atoms with Gasteiger partial charge in [0.2, 0.25) is 0 Å². The summed E-state index contributed by atoms with van der Waals surface area (Å²) in [6, 6.07) is 7.96. The van der Waals surface area contributed by atoms with Gasteiger partial charge in [0.1, 0.15) is 0 Å². The fraction of sp³-hybridized carbons (Fsp3) is 0.381. The Morgan fingerprint density at radius 2 is 1.93 bits per heavy atom. The Kier molecular flexibility index (Phi) is 8.27. The van der Waals surface area contributed by atoms with Crippen LogP contribution in [-0.2, 0) is 9.53 Å². The average Bonchev–Trinajstić information content (AvgIpc) is 3.22. The molecular weight excluding hydrogens is 360 g/mol. The number of nitrogens with one attached hydrogen (secondary N) is 2. The number of furan rings is 1. The minimum Gasteiger partial charge on any atom is -0.459 e. The SMILES string of the molecule is CCCCCCNC(=O)COC(=O)c1ccc(C)c(NC(=O)c2ccco2)c1. The predicted molar refractivity (Wildman–Crippen MR) is 105 cm³/mol. The van der Waals surface area contributed by atoms with E-state index in [9.17, 15) is 14.4 Å². The third-order valence-corrected chi connectivity index (χ3v) is 4.15. The quantitative estimate of drug-likeness (QED) is 0.479. The topological polar surface area (TPSA) is 97.6 Å². The molecule has 2 N–H and O–H groups in total. The number of ether oxygens (including phenoxy) is 1. The molecule has 1 aromatic heterocycles. The predicted octanol–water partition coefficient (Wildman–Crippen LogP) is 3.69. The summed E-state index contributed by atoms with van der Waals surface area (Å²) in [5, 5.41) is 5.42. The molecule has 0 unspecified atom stereocenters. The lowest BCUT2D eigenvalue weighted by Gasteiger charge is -2.10. The second-order valence-corrected chi connectivity index (χ2v) is 6.45. The van der Waals surface area contributed by atoms with Gasteiger partial charge in [-0.3, -0.25) is 9.59 Å². The van der Waals surface area contributed by atoms with Gasteiger partial charge in [-0.15, -0.1) is 0 Å². The maximum Gasteiger partial charge on any atom is 0.338 e. The molecule has 2 aromatic rings. The number of benzene rings is 1. The molecule has 0 saturated carbocycles. The van der Waals surface area contributed by atoms with Gasteiger partial charge in [-0.25, -0.2) is 4.79 Å². The van der Waals surface area contributed by atoms with Gasteiger partial charge in [0.25, 0.3) is 11.8 Å². The van der Waals surface area contributed by atoms with Gasteiger partial charge in [0.15, 0.2) is 12.4 Å². The summed E-state index contributed by atoms with van der Waals surface area (Å²) in [5.74, 6) is -1.21. The first-order valence-electron chi connectivity index (χ1n) is 9.40. The Hall–Kier alpha value is -3.09. The number of hydrogen-bond donors (Lipinski definition) is 2. The highest BCUT2D eigenvalue weighted by molar-refractivity contribution is 6.03. The van der Waals surface area contributed by atoms with E-state index in [1.807, 2.05) is 0 Å². The molecule has 0 aliphatic rings. The van der Waals surface area contributed by atoms with E-state index in [0.717, 1.165) is 31.2 Å². The van der Waals surface area contributed by atoms with Crippen molar-refractivity contribution < 1.29 is 23.5 Å². The summed E-state index contributed by atoms with van der Waals surface area (Å²) in [5.41, 5.74) is 1.49. The standard InChI is InChI=1S/C21H26N2O5/c1-3-4-5-6-11-22-19(24)14-28-21(26)16-10-9-15(2)17(13-16)23-20(25)18-8-7-12-27-18/h7-10,12-13H,3-6,11,14H2,1-2H3,(H,22,24)(H,23,25). The van der Waals surface area contributed by atoms with E-state index in [1.165, 1.54) is 12.3 Å². The van der Waals surface area contributed by atoms with Crippen LogP contribution in [0.2, 0.25) is 0 Å². The molecule has 7 nitrogen and oxygen atoms in total. The number of rotatable bonds is 10. The van der Waals surface area contributed by atoms with Crippen LogP contribution in [0, 0.1) is 6.92 Å². The van der Waals surface area contributed by atoms with Gasteiger partial charge in [-0.2, -0.15) is 0 Å². The van der Waals surface area contributed by atoms with Crippen LogP contribution in [0.15, 0.2) is 41.0 Å². The number of unbranched alkanes of at least 4 members (excludes halogenated alkanes) is 3. The largest absolute Gasteiger partial charge is 0.459 e. The lowest BCUT2D eigenvalue weighted by atomic mass is 10.1. The van der Waals surface area contributed by atoms with Crippen molar-refractivity contribution in [2.75, 3.05) is 18.5 Å². The summed E-state index contributed by atoms with van der Waals surface area (Å²) < 4.78 is 10.1. The average molecular weight is 386 g/mol. The van der Waals surface area contributed by atoms with Gasteiger partial charge in [0, 0.05) is 12.2 Å². The van der Waals surface area contributed by atoms with Crippen LogP contribution in [0.25, 0.3) is 0 Å². The van der Waals surface area contributed by atoms with Crippen LogP contribution in [0.3, 0.4) is 0 Å². The smallest absolute Gasteiger partial charge is 0.338 e. The number of anilines is 1. The van der Waals surface area contributed by atoms with Crippen molar-refractivity contribution in [1.82, 2.24) is 5.32 Å². The van der Waals surface area contributed by atoms with E-state index in [4.69, 9.17) is 9.15 Å². The van der Waals surface area contributed by atoms with Crippen molar-refractivity contribution in [3.8, 4) is 0 Å². The third-order valence-electron chi connectivity index (χ3n) is 4.15. The number of esters is 1. The fourth-order valence-corrected chi connectivity index (χ4v) is 2.52. The molecule has 0 aliphatic heterocycles. The number of carbonyl (C=O) groups excluding carboxylic acids is 3. The normalized spacial score (nSPS) is 10.4. The Balaban J connectivity index is 1.86. The molecule has 0 fully saturated rings. The summed E-state index contributed by atoms with van der Waals surface area (Å²) in [4.78, 5) is 36.1. The molecule has 0 spiro atoms. The maximum absolute atomic E-state index is 12.2. The van der Waals surface area contributed by atoms with Crippen LogP contribution < -0.4 is 10.6 Å². The summed E-state index contributed by atoms with van der Waals surface area (Å²) >= 11 is 0. The van der Waals surface area contributed by atoms with Crippen molar-refractivity contribution >= 4 is 23.5 Å². The fourth-order valence-electron chi connectivity index (χ4n) is 2.52. The third kappa shape index (κ3) is 6.57. The molecule has 2 rings (SSSR count). The van der Waals surface area contributed by atoms with Crippen LogP contribution >= 0.6 is 0 Å². The second-order valence-electron chi connectivity index (χ2n) is 6.45. The minimum absolute atomic E-state index is 0.169. The van der Waals surface area contributed by atoms with E-state index in [0.29, 0.717) is 12.2 Å². The highest BCUT2D eigenvalue weighted by atomic mass is 16.5. The van der Waals surface area contributed by atoms with Crippen molar-refractivity contribution in [3.63, 3.8) is 0 Å². The van der Waals surface area contributed by atoms with Gasteiger partial charge in [0.05, 0.1) is 11.8 Å². The number of carbonyl (C=O) groups is 3. The Labute approximate surface area is 164 Å². The summed E-state index contributed by atoms with van der Waals surface area (Å²) in [6.07, 6.45) is 5.64. The number of hydrogen-bond acceptors (Lipinski definition) is 5. The lowest BCUT2D eigenvalue weighted by Crippen LogP contribution is -2.29. The van der Waals surface area contributed by atoms with E-state index >= 15 is 0 Å². The Morgan fingerprint density at radius 1 is 1.11 bits per heavy atom. The molecule has 0 atom stereocenters. The van der Waals surface area contributed by atoms with E-state index < -0.39 is 11.9 Å². The van der Waals surface area contributed by atoms with Crippen LogP contribution in [0.5, 0.6) is 0 Å². The zero-order valence-corrected chi connectivity index (χ0v) is 16.2. The second kappa shape index (κ2) is 10.9. The Morgan fingerprint density at radius 3 is 2.64 bits per heavy atom. The van der Waals surface area contributed by atoms with Crippen molar-refractivity contribution in [2.45, 2.75) is 39.5 Å². The maximum atomic E-state index is 12.2. The highest BCUT2D eigenvalue weighted by Crippen LogP contribution is 2.19. The molecule has 0 bridgehead atoms. The zero-order chi connectivity index (χ0) is 20.4. The molecule has 1 aromatic carbocycles. The van der Waals surface area contributed by atoms with Crippen molar-refractivity contribution in [2.24, 2.45) is 0 Å². The van der Waals surface area contributed by atoms with Gasteiger partial charge < -0.3 is 19.8 Å². The molecule has 7 heteroatoms. The van der Waals surface area contributed by atoms with Crippen LogP contribution in [-0.4, -0.2) is 30.9 Å². The Bertz CT molecular complexity index is 799. The molecule has 0 radical (unpaired) electrons. The molecule has 0 saturated heterocycles. The first-order chi connectivity index (χ1) is 13.5. The molecule has 0 aliphatic carbocycles. The lowest BCUT2D eigenvalue weighted by molar-refractivity contribution is -0.124. The molecule has 150 valence electrons. The first kappa shape index (κ1) is 21.2. The van der Waals surface area contributed by atoms with E-state index in [-0.39, 0.29) is 23.8 Å². The summed E-state index contributed by atoms with van der Waals surface area (Å²) in [7, 11) is 0. The van der Waals surface area contributed by atoms with Crippen LogP contribution in [0.4, 0.5) is 5.69 Å². The molecule has 28 heavy (non-hydrogen) atoms. The van der Waals surface area contributed by atoms with Gasteiger partial charge >= 0.3 is 5.97 Å². The van der Waals surface area contributed by atoms with E-state index in [1.54, 1.807) is 31.2 Å². The van der Waals surface area contributed by atoms with Gasteiger partial charge in [-0.1, -0.05) is 32.3 Å². The first-order valence-corrected chi connectivity index (χ1v) is 9.40. The van der Waals surface area contributed by atoms with E-state index in [2.05, 4.69) is 17.6 Å². The van der Waals surface area contributed by atoms with Crippen LogP contribution in [0.1, 0.15) is 59.1 Å². The monoisotopic (exact) mass is 386 g/mol. The highest BCUT2D eigenvalue weighted by Gasteiger charge is 2.14. The molecule has 1 heterocycles. The number of aryl methyl sites for hydroxylation is 1. The molecular formula is C21H26N2O5. The van der Waals surface area contributed by atoms with Gasteiger partial charge in [-0.05, 0) is 43.2 Å². The minimum atomic E-state index is -0.630. The molecule has 2 amide bonds. The van der Waals surface area contributed by atoms with Crippen molar-refractivity contribution in [3.05, 3.63) is 53.5 Å². The summed E-state index contributed by atoms with van der Waals surface area (Å²) in [6.45, 7) is 4.16. The zero-order valence-electron chi connectivity index (χ0n) is 16.2. The number of amides is 2.